The van der Waals surface area contributed by atoms with Crippen molar-refractivity contribution in [3.63, 3.8) is 0 Å². The molecule has 2 N–H and O–H groups in total. The van der Waals surface area contributed by atoms with Crippen molar-refractivity contribution in [3.05, 3.63) is 28.2 Å². The molecule has 1 aromatic rings. The van der Waals surface area contributed by atoms with Crippen molar-refractivity contribution in [2.45, 2.75) is 36.9 Å². The first kappa shape index (κ1) is 15.9. The summed E-state index contributed by atoms with van der Waals surface area (Å²) in [4.78, 5) is 0.163. The van der Waals surface area contributed by atoms with Gasteiger partial charge in [-0.2, -0.15) is 0 Å². The van der Waals surface area contributed by atoms with Gasteiger partial charge in [0.05, 0.1) is 17.1 Å². The molecule has 2 rings (SSSR count). The summed E-state index contributed by atoms with van der Waals surface area (Å²) < 4.78 is 33.2. The van der Waals surface area contributed by atoms with Crippen molar-refractivity contribution in [1.82, 2.24) is 4.72 Å². The number of ether oxygens (including phenoxy) is 1. The average molecular weight is 364 g/mol. The summed E-state index contributed by atoms with van der Waals surface area (Å²) in [6, 6.07) is 4.67. The van der Waals surface area contributed by atoms with E-state index in [0.717, 1.165) is 12.8 Å². The lowest BCUT2D eigenvalue weighted by Crippen LogP contribution is -2.40. The Morgan fingerprint density at radius 1 is 1.50 bits per heavy atom. The number of halogens is 1. The van der Waals surface area contributed by atoms with E-state index in [1.165, 1.54) is 6.07 Å². The molecule has 0 spiro atoms. The van der Waals surface area contributed by atoms with Gasteiger partial charge < -0.3 is 9.84 Å². The smallest absolute Gasteiger partial charge is 0.241 e. The highest BCUT2D eigenvalue weighted by atomic mass is 79.9. The minimum Gasteiger partial charge on any atom is -0.392 e. The normalized spacial score (nSPS) is 23.1. The van der Waals surface area contributed by atoms with Crippen LogP contribution >= 0.6 is 15.9 Å². The van der Waals surface area contributed by atoms with Gasteiger partial charge in [-0.05, 0) is 53.4 Å². The second-order valence-electron chi connectivity index (χ2n) is 5.15. The molecular formula is C13H18BrNO4S. The van der Waals surface area contributed by atoms with E-state index in [1.54, 1.807) is 12.1 Å². The summed E-state index contributed by atoms with van der Waals surface area (Å²) in [7, 11) is -3.60. The molecule has 0 amide bonds. The average Bonchev–Trinajstić information content (AvgIpc) is 2.84. The van der Waals surface area contributed by atoms with Crippen molar-refractivity contribution >= 4 is 26.0 Å². The quantitative estimate of drug-likeness (QED) is 0.835. The van der Waals surface area contributed by atoms with Gasteiger partial charge in [-0.3, -0.25) is 0 Å². The van der Waals surface area contributed by atoms with Crippen LogP contribution in [0.15, 0.2) is 27.6 Å². The van der Waals surface area contributed by atoms with Crippen LogP contribution in [0.25, 0.3) is 0 Å². The van der Waals surface area contributed by atoms with Crippen LogP contribution in [0.2, 0.25) is 0 Å². The fraction of sp³-hybridized carbons (Fsp3) is 0.538. The lowest BCUT2D eigenvalue weighted by molar-refractivity contribution is 0.0250. The summed E-state index contributed by atoms with van der Waals surface area (Å²) in [5, 5.41) is 9.03. The van der Waals surface area contributed by atoms with Gasteiger partial charge in [0.15, 0.2) is 0 Å². The molecule has 0 aromatic heterocycles. The fourth-order valence-corrected chi connectivity index (χ4v) is 4.44. The number of benzene rings is 1. The molecule has 1 aliphatic heterocycles. The molecule has 1 heterocycles. The maximum Gasteiger partial charge on any atom is 0.241 e. The molecule has 1 aliphatic rings. The molecule has 1 saturated heterocycles. The van der Waals surface area contributed by atoms with Crippen molar-refractivity contribution < 1.29 is 18.3 Å². The highest BCUT2D eigenvalue weighted by Crippen LogP contribution is 2.26. The van der Waals surface area contributed by atoms with Gasteiger partial charge >= 0.3 is 0 Å². The Hall–Kier alpha value is -0.470. The van der Waals surface area contributed by atoms with Crippen LogP contribution in [0.5, 0.6) is 0 Å². The molecule has 1 unspecified atom stereocenters. The Bertz CT molecular complexity index is 582. The van der Waals surface area contributed by atoms with Crippen LogP contribution in [0.4, 0.5) is 0 Å². The predicted molar refractivity (Wildman–Crippen MR) is 78.8 cm³/mol. The number of nitrogens with one attached hydrogen (secondary N) is 1. The first-order valence-electron chi connectivity index (χ1n) is 6.39. The third-order valence-corrected chi connectivity index (χ3v) is 5.78. The number of hydrogen-bond donors (Lipinski definition) is 2. The zero-order valence-corrected chi connectivity index (χ0v) is 13.6. The van der Waals surface area contributed by atoms with Gasteiger partial charge in [0.1, 0.15) is 0 Å². The van der Waals surface area contributed by atoms with E-state index in [9.17, 15) is 8.42 Å². The fourth-order valence-electron chi connectivity index (χ4n) is 2.16. The number of sulfonamides is 1. The highest BCUT2D eigenvalue weighted by molar-refractivity contribution is 9.10. The molecule has 1 fully saturated rings. The zero-order valence-electron chi connectivity index (χ0n) is 11.2. The van der Waals surface area contributed by atoms with E-state index >= 15 is 0 Å². The van der Waals surface area contributed by atoms with E-state index in [2.05, 4.69) is 20.7 Å². The molecule has 112 valence electrons. The first-order valence-corrected chi connectivity index (χ1v) is 8.67. The summed E-state index contributed by atoms with van der Waals surface area (Å²) in [5.41, 5.74) is 0.229. The van der Waals surface area contributed by atoms with Gasteiger partial charge in [-0.1, -0.05) is 6.07 Å². The maximum absolute atomic E-state index is 12.3. The minimum atomic E-state index is -3.60. The van der Waals surface area contributed by atoms with Crippen LogP contribution in [0.3, 0.4) is 0 Å². The topological polar surface area (TPSA) is 75.6 Å². The third-order valence-electron chi connectivity index (χ3n) is 3.40. The van der Waals surface area contributed by atoms with E-state index in [0.29, 0.717) is 16.6 Å². The molecule has 0 bridgehead atoms. The zero-order chi connectivity index (χ0) is 14.8. The van der Waals surface area contributed by atoms with Crippen LogP contribution in [0.1, 0.15) is 25.3 Å². The number of rotatable bonds is 5. The van der Waals surface area contributed by atoms with Crippen molar-refractivity contribution in [2.75, 3.05) is 13.2 Å². The van der Waals surface area contributed by atoms with Crippen molar-refractivity contribution in [2.24, 2.45) is 0 Å². The molecule has 1 aromatic carbocycles. The monoisotopic (exact) mass is 363 g/mol. The van der Waals surface area contributed by atoms with E-state index < -0.39 is 15.6 Å². The van der Waals surface area contributed by atoms with Crippen molar-refractivity contribution in [3.8, 4) is 0 Å². The van der Waals surface area contributed by atoms with Gasteiger partial charge in [-0.15, -0.1) is 0 Å². The van der Waals surface area contributed by atoms with Gasteiger partial charge in [0, 0.05) is 17.6 Å². The first-order chi connectivity index (χ1) is 9.36. The Kier molecular flexibility index (Phi) is 4.86. The van der Waals surface area contributed by atoms with Gasteiger partial charge in [-0.25, -0.2) is 13.1 Å². The summed E-state index contributed by atoms with van der Waals surface area (Å²) in [5.74, 6) is 0. The molecular weight excluding hydrogens is 346 g/mol. The Labute approximate surface area is 127 Å². The molecule has 0 radical (unpaired) electrons. The van der Waals surface area contributed by atoms with Gasteiger partial charge in [0.2, 0.25) is 10.0 Å². The second kappa shape index (κ2) is 6.11. The third kappa shape index (κ3) is 3.59. The summed E-state index contributed by atoms with van der Waals surface area (Å²) in [6.45, 7) is 2.71. The number of aliphatic hydroxyl groups is 1. The van der Waals surface area contributed by atoms with E-state index in [1.807, 2.05) is 6.92 Å². The van der Waals surface area contributed by atoms with E-state index in [4.69, 9.17) is 9.84 Å². The van der Waals surface area contributed by atoms with Crippen LogP contribution < -0.4 is 4.72 Å². The Morgan fingerprint density at radius 3 is 2.80 bits per heavy atom. The number of aliphatic hydroxyl groups excluding tert-OH is 1. The molecule has 0 aliphatic carbocycles. The Morgan fingerprint density at radius 2 is 2.25 bits per heavy atom. The largest absolute Gasteiger partial charge is 0.392 e. The summed E-state index contributed by atoms with van der Waals surface area (Å²) in [6.07, 6.45) is 1.80. The lowest BCUT2D eigenvalue weighted by atomic mass is 10.0. The standard InChI is InChI=1S/C13H18BrNO4S/c1-13(5-2-6-19-13)9-15-20(17,18)12-4-3-10(8-16)7-11(12)14/h3-4,7,15-16H,2,5-6,8-9H2,1H3. The van der Waals surface area contributed by atoms with Crippen molar-refractivity contribution in [1.29, 1.82) is 0 Å². The molecule has 1 atom stereocenters. The maximum atomic E-state index is 12.3. The van der Waals surface area contributed by atoms with Gasteiger partial charge in [0.25, 0.3) is 0 Å². The van der Waals surface area contributed by atoms with Crippen LogP contribution in [-0.4, -0.2) is 32.3 Å². The predicted octanol–water partition coefficient (Wildman–Crippen LogP) is 1.79. The molecule has 7 heteroatoms. The van der Waals surface area contributed by atoms with Crippen LogP contribution in [-0.2, 0) is 21.4 Å². The molecule has 5 nitrogen and oxygen atoms in total. The highest BCUT2D eigenvalue weighted by Gasteiger charge is 2.31. The molecule has 20 heavy (non-hydrogen) atoms. The molecule has 0 saturated carbocycles. The minimum absolute atomic E-state index is 0.127. The SMILES string of the molecule is CC1(CNS(=O)(=O)c2ccc(CO)cc2Br)CCCO1. The number of hydrogen-bond acceptors (Lipinski definition) is 4. The van der Waals surface area contributed by atoms with E-state index in [-0.39, 0.29) is 18.0 Å². The lowest BCUT2D eigenvalue weighted by Gasteiger charge is -2.23. The summed E-state index contributed by atoms with van der Waals surface area (Å²) >= 11 is 3.23. The Balaban J connectivity index is 2.14. The second-order valence-corrected chi connectivity index (χ2v) is 7.74. The van der Waals surface area contributed by atoms with Crippen LogP contribution in [0, 0.1) is 0 Å².